The number of esters is 1. The molecule has 2 N–H and O–H groups in total. The number of nitro groups is 1. The highest BCUT2D eigenvalue weighted by Gasteiger charge is 2.20. The Morgan fingerprint density at radius 2 is 2.30 bits per heavy atom. The number of nitrogens with two attached hydrogens (primary N) is 1. The first-order chi connectivity index (χ1) is 9.52. The predicted octanol–water partition coefficient (Wildman–Crippen LogP) is 0.838. The van der Waals surface area contributed by atoms with Gasteiger partial charge in [-0.25, -0.2) is 9.47 Å². The zero-order valence-corrected chi connectivity index (χ0v) is 11.0. The minimum Gasteiger partial charge on any atom is -0.465 e. The van der Waals surface area contributed by atoms with Crippen LogP contribution in [-0.4, -0.2) is 32.9 Å². The fraction of sp³-hybridized carbons (Fsp3) is 0.100. The molecule has 0 aliphatic rings. The van der Waals surface area contributed by atoms with Crippen LogP contribution >= 0.6 is 11.8 Å². The number of carbonyl (C=O) groups is 1. The summed E-state index contributed by atoms with van der Waals surface area (Å²) >= 11 is 0.974. The van der Waals surface area contributed by atoms with Crippen molar-refractivity contribution in [3.63, 3.8) is 0 Å². The van der Waals surface area contributed by atoms with Gasteiger partial charge in [-0.2, -0.15) is 0 Å². The number of nitro benzene ring substituents is 1. The van der Waals surface area contributed by atoms with Crippen molar-refractivity contribution in [1.29, 1.82) is 0 Å². The van der Waals surface area contributed by atoms with E-state index in [-0.39, 0.29) is 11.3 Å². The Labute approximate surface area is 116 Å². The summed E-state index contributed by atoms with van der Waals surface area (Å²) in [7, 11) is 1.20. The van der Waals surface area contributed by atoms with Crippen molar-refractivity contribution in [2.75, 3.05) is 13.0 Å². The molecule has 0 fully saturated rings. The highest BCUT2D eigenvalue weighted by atomic mass is 32.2. The van der Waals surface area contributed by atoms with Crippen molar-refractivity contribution in [2.24, 2.45) is 0 Å². The maximum absolute atomic E-state index is 11.4. The number of hydrogen-bond donors (Lipinski definition) is 1. The fourth-order valence-electron chi connectivity index (χ4n) is 1.39. The van der Waals surface area contributed by atoms with E-state index in [1.54, 1.807) is 0 Å². The molecule has 0 spiro atoms. The van der Waals surface area contributed by atoms with Gasteiger partial charge in [0.15, 0.2) is 0 Å². The van der Waals surface area contributed by atoms with Crippen LogP contribution in [0.15, 0.2) is 34.6 Å². The normalized spacial score (nSPS) is 10.2. The summed E-state index contributed by atoms with van der Waals surface area (Å²) in [6.07, 6.45) is 1.27. The summed E-state index contributed by atoms with van der Waals surface area (Å²) in [4.78, 5) is 22.1. The lowest BCUT2D eigenvalue weighted by molar-refractivity contribution is -0.387. The Bertz CT molecular complexity index is 671. The second kappa shape index (κ2) is 5.57. The maximum Gasteiger partial charge on any atom is 0.338 e. The highest BCUT2D eigenvalue weighted by molar-refractivity contribution is 7.99. The average Bonchev–Trinajstić information content (AvgIpc) is 2.83. The van der Waals surface area contributed by atoms with Crippen molar-refractivity contribution in [3.8, 4) is 0 Å². The molecule has 0 aliphatic carbocycles. The average molecular weight is 295 g/mol. The SMILES string of the molecule is COC(=O)c1ccc(Sc2nncn2N)c([N+](=O)[O-])c1. The minimum absolute atomic E-state index is 0.0952. The molecule has 0 unspecified atom stereocenters. The van der Waals surface area contributed by atoms with Crippen LogP contribution in [0.3, 0.4) is 0 Å². The zero-order valence-electron chi connectivity index (χ0n) is 10.2. The second-order valence-corrected chi connectivity index (χ2v) is 4.56. The lowest BCUT2D eigenvalue weighted by Crippen LogP contribution is -2.08. The highest BCUT2D eigenvalue weighted by Crippen LogP contribution is 2.33. The van der Waals surface area contributed by atoms with Crippen molar-refractivity contribution in [3.05, 3.63) is 40.2 Å². The van der Waals surface area contributed by atoms with Gasteiger partial charge >= 0.3 is 5.97 Å². The lowest BCUT2D eigenvalue weighted by Gasteiger charge is -2.04. The van der Waals surface area contributed by atoms with E-state index in [0.29, 0.717) is 10.1 Å². The van der Waals surface area contributed by atoms with Crippen LogP contribution in [-0.2, 0) is 4.74 Å². The van der Waals surface area contributed by atoms with Gasteiger partial charge in [0.2, 0.25) is 5.16 Å². The lowest BCUT2D eigenvalue weighted by atomic mass is 10.2. The molecule has 104 valence electrons. The molecule has 0 bridgehead atoms. The Balaban J connectivity index is 2.40. The molecule has 0 amide bonds. The number of nitrogen functional groups attached to an aromatic ring is 1. The third-order valence-corrected chi connectivity index (χ3v) is 3.36. The van der Waals surface area contributed by atoms with Gasteiger partial charge in [-0.05, 0) is 23.9 Å². The standard InChI is InChI=1S/C10H9N5O4S/c1-19-9(16)6-2-3-8(7(4-6)15(17)18)20-10-13-12-5-14(10)11/h2-5H,11H2,1H3. The zero-order chi connectivity index (χ0) is 14.7. The van der Waals surface area contributed by atoms with Gasteiger partial charge in [-0.15, -0.1) is 10.2 Å². The Morgan fingerprint density at radius 3 is 2.85 bits per heavy atom. The molecule has 1 heterocycles. The minimum atomic E-state index is -0.647. The Hall–Kier alpha value is -2.62. The quantitative estimate of drug-likeness (QED) is 0.380. The van der Waals surface area contributed by atoms with E-state index in [9.17, 15) is 14.9 Å². The number of hydrogen-bond acceptors (Lipinski definition) is 8. The van der Waals surface area contributed by atoms with Gasteiger partial charge in [-0.3, -0.25) is 10.1 Å². The third-order valence-electron chi connectivity index (χ3n) is 2.32. The van der Waals surface area contributed by atoms with E-state index in [0.717, 1.165) is 22.5 Å². The van der Waals surface area contributed by atoms with Gasteiger partial charge in [0.25, 0.3) is 5.69 Å². The van der Waals surface area contributed by atoms with Crippen LogP contribution in [0.25, 0.3) is 0 Å². The summed E-state index contributed by atoms with van der Waals surface area (Å²) in [5.41, 5.74) is -0.140. The molecule has 0 saturated carbocycles. The molecule has 2 aromatic rings. The number of ether oxygens (including phenoxy) is 1. The topological polar surface area (TPSA) is 126 Å². The molecular formula is C10H9N5O4S. The van der Waals surface area contributed by atoms with Crippen molar-refractivity contribution in [1.82, 2.24) is 14.9 Å². The van der Waals surface area contributed by atoms with Gasteiger partial charge in [0.1, 0.15) is 6.33 Å². The van der Waals surface area contributed by atoms with Gasteiger partial charge < -0.3 is 10.6 Å². The smallest absolute Gasteiger partial charge is 0.338 e. The largest absolute Gasteiger partial charge is 0.465 e. The summed E-state index contributed by atoms with van der Waals surface area (Å²) < 4.78 is 5.66. The molecule has 20 heavy (non-hydrogen) atoms. The van der Waals surface area contributed by atoms with Crippen molar-refractivity contribution < 1.29 is 14.5 Å². The molecule has 9 nitrogen and oxygen atoms in total. The van der Waals surface area contributed by atoms with Crippen LogP contribution in [0, 0.1) is 10.1 Å². The van der Waals surface area contributed by atoms with E-state index < -0.39 is 10.9 Å². The van der Waals surface area contributed by atoms with Crippen LogP contribution in [0.2, 0.25) is 0 Å². The van der Waals surface area contributed by atoms with E-state index in [4.69, 9.17) is 5.84 Å². The molecular weight excluding hydrogens is 286 g/mol. The number of nitrogens with zero attached hydrogens (tertiary/aromatic N) is 4. The van der Waals surface area contributed by atoms with E-state index in [2.05, 4.69) is 14.9 Å². The molecule has 0 saturated heterocycles. The van der Waals surface area contributed by atoms with Gasteiger partial charge in [0.05, 0.1) is 22.5 Å². The van der Waals surface area contributed by atoms with Crippen LogP contribution < -0.4 is 5.84 Å². The monoisotopic (exact) mass is 295 g/mol. The Kier molecular flexibility index (Phi) is 3.84. The van der Waals surface area contributed by atoms with E-state index >= 15 is 0 Å². The summed E-state index contributed by atoms with van der Waals surface area (Å²) in [5.74, 6) is 4.89. The number of benzene rings is 1. The van der Waals surface area contributed by atoms with E-state index in [1.165, 1.54) is 25.6 Å². The number of rotatable bonds is 4. The maximum atomic E-state index is 11.4. The van der Waals surface area contributed by atoms with Crippen LogP contribution in [0.4, 0.5) is 5.69 Å². The van der Waals surface area contributed by atoms with E-state index in [1.807, 2.05) is 0 Å². The summed E-state index contributed by atoms with van der Waals surface area (Å²) in [6.45, 7) is 0. The van der Waals surface area contributed by atoms with Gasteiger partial charge in [0, 0.05) is 6.07 Å². The van der Waals surface area contributed by atoms with Crippen molar-refractivity contribution in [2.45, 2.75) is 10.1 Å². The summed E-state index contributed by atoms with van der Waals surface area (Å²) in [6, 6.07) is 4.01. The third kappa shape index (κ3) is 2.69. The first-order valence-electron chi connectivity index (χ1n) is 5.22. The predicted molar refractivity (Wildman–Crippen MR) is 68.7 cm³/mol. The molecule has 10 heteroatoms. The molecule has 0 aliphatic heterocycles. The van der Waals surface area contributed by atoms with Crippen LogP contribution in [0.5, 0.6) is 0 Å². The van der Waals surface area contributed by atoms with Crippen LogP contribution in [0.1, 0.15) is 10.4 Å². The Morgan fingerprint density at radius 1 is 1.55 bits per heavy atom. The second-order valence-electron chi connectivity index (χ2n) is 3.55. The first kappa shape index (κ1) is 13.8. The van der Waals surface area contributed by atoms with Crippen molar-refractivity contribution >= 4 is 23.4 Å². The molecule has 1 aromatic heterocycles. The fourth-order valence-corrected chi connectivity index (χ4v) is 2.21. The molecule has 1 aromatic carbocycles. The molecule has 0 atom stereocenters. The molecule has 2 rings (SSSR count). The number of carbonyl (C=O) groups excluding carboxylic acids is 1. The number of aromatic nitrogens is 3. The van der Waals surface area contributed by atoms with Gasteiger partial charge in [-0.1, -0.05) is 0 Å². The number of methoxy groups -OCH3 is 1. The first-order valence-corrected chi connectivity index (χ1v) is 6.04. The molecule has 0 radical (unpaired) electrons. The summed E-state index contributed by atoms with van der Waals surface area (Å²) in [5, 5.41) is 18.7.